The molecule has 9 aromatic carbocycles. The van der Waals surface area contributed by atoms with Crippen LogP contribution in [0.15, 0.2) is 182 Å². The third-order valence-electron chi connectivity index (χ3n) is 13.1. The Morgan fingerprint density at radius 1 is 0.407 bits per heavy atom. The van der Waals surface area contributed by atoms with Gasteiger partial charge in [0.25, 0.3) is 0 Å². The highest BCUT2D eigenvalue weighted by Gasteiger charge is 2.38. The topological polar surface area (TPSA) is 35.6 Å². The molecule has 0 bridgehead atoms. The minimum Gasteiger partial charge on any atom is -0.309 e. The van der Waals surface area contributed by atoms with E-state index in [2.05, 4.69) is 205 Å². The Labute approximate surface area is 340 Å². The summed E-state index contributed by atoms with van der Waals surface area (Å²) < 4.78 is 4.84. The number of fused-ring (bicyclic) bond motifs is 13. The van der Waals surface area contributed by atoms with Crippen LogP contribution in [0.2, 0.25) is 0 Å². The van der Waals surface area contributed by atoms with E-state index in [1.54, 1.807) is 0 Å². The van der Waals surface area contributed by atoms with Crippen LogP contribution in [0.4, 0.5) is 0 Å². The maximum Gasteiger partial charge on any atom is 0.162 e. The van der Waals surface area contributed by atoms with Crippen molar-refractivity contribution >= 4 is 76.1 Å². The van der Waals surface area contributed by atoms with Gasteiger partial charge in [-0.1, -0.05) is 147 Å². The SMILES string of the molecule is CC1(C)c2ccccc2-c2cccc(-c3nc(-n4c5ccccc5c5cc6c(-n7c8ccccc8c8c9ccccc9ccc87)cccc6cc54)c4ccccc4n3)c21. The van der Waals surface area contributed by atoms with E-state index in [4.69, 9.17) is 9.97 Å². The molecule has 0 spiro atoms. The molecule has 1 aliphatic carbocycles. The van der Waals surface area contributed by atoms with Gasteiger partial charge in [-0.05, 0) is 86.9 Å². The highest BCUT2D eigenvalue weighted by molar-refractivity contribution is 6.22. The average Bonchev–Trinajstić information content (AvgIpc) is 3.88. The molecule has 0 amide bonds. The van der Waals surface area contributed by atoms with Crippen molar-refractivity contribution in [3.8, 4) is 34.0 Å². The summed E-state index contributed by atoms with van der Waals surface area (Å²) in [6.45, 7) is 4.66. The van der Waals surface area contributed by atoms with Gasteiger partial charge in [-0.3, -0.25) is 4.57 Å². The predicted molar refractivity (Wildman–Crippen MR) is 246 cm³/mol. The largest absolute Gasteiger partial charge is 0.309 e. The Balaban J connectivity index is 1.09. The fraction of sp³-hybridized carbons (Fsp3) is 0.0545. The molecule has 0 unspecified atom stereocenters. The molecule has 1 aliphatic rings. The lowest BCUT2D eigenvalue weighted by Gasteiger charge is -2.24. The van der Waals surface area contributed by atoms with Crippen LogP contribution in [0.1, 0.15) is 25.0 Å². The molecule has 0 N–H and O–H groups in total. The van der Waals surface area contributed by atoms with Crippen LogP contribution in [0.3, 0.4) is 0 Å². The summed E-state index contributed by atoms with van der Waals surface area (Å²) in [7, 11) is 0. The second kappa shape index (κ2) is 11.7. The summed E-state index contributed by atoms with van der Waals surface area (Å²) in [5.41, 5.74) is 12.8. The summed E-state index contributed by atoms with van der Waals surface area (Å²) in [6, 6.07) is 66.3. The number of nitrogens with zero attached hydrogens (tertiary/aromatic N) is 4. The Bertz CT molecular complexity index is 3770. The van der Waals surface area contributed by atoms with Gasteiger partial charge in [-0.2, -0.15) is 0 Å². The van der Waals surface area contributed by atoms with Gasteiger partial charge in [-0.15, -0.1) is 0 Å². The van der Waals surface area contributed by atoms with Crippen molar-refractivity contribution < 1.29 is 0 Å². The summed E-state index contributed by atoms with van der Waals surface area (Å²) in [5, 5.41) is 10.8. The van der Waals surface area contributed by atoms with Gasteiger partial charge in [-0.25, -0.2) is 9.97 Å². The fourth-order valence-electron chi connectivity index (χ4n) is 10.5. The van der Waals surface area contributed by atoms with Crippen molar-refractivity contribution in [3.05, 3.63) is 193 Å². The van der Waals surface area contributed by atoms with Crippen LogP contribution < -0.4 is 0 Å². The zero-order valence-electron chi connectivity index (χ0n) is 32.6. The first-order valence-corrected chi connectivity index (χ1v) is 20.4. The summed E-state index contributed by atoms with van der Waals surface area (Å²) >= 11 is 0. The minimum absolute atomic E-state index is 0.204. The highest BCUT2D eigenvalue weighted by atomic mass is 15.1. The molecule has 4 nitrogen and oxygen atoms in total. The van der Waals surface area contributed by atoms with Crippen LogP contribution in [-0.2, 0) is 5.41 Å². The quantitative estimate of drug-likeness (QED) is 0.180. The molecule has 0 atom stereocenters. The Morgan fingerprint density at radius 2 is 1.07 bits per heavy atom. The van der Waals surface area contributed by atoms with Gasteiger partial charge in [0.1, 0.15) is 5.82 Å². The van der Waals surface area contributed by atoms with Crippen LogP contribution in [0.25, 0.3) is 110 Å². The number of benzene rings is 9. The lowest BCUT2D eigenvalue weighted by molar-refractivity contribution is 0.661. The van der Waals surface area contributed by atoms with E-state index in [9.17, 15) is 0 Å². The summed E-state index contributed by atoms with van der Waals surface area (Å²) in [6.07, 6.45) is 0. The second-order valence-corrected chi connectivity index (χ2v) is 16.5. The molecule has 0 saturated heterocycles. The van der Waals surface area contributed by atoms with Crippen molar-refractivity contribution in [2.45, 2.75) is 19.3 Å². The molecule has 4 heteroatoms. The normalized spacial score (nSPS) is 13.4. The molecule has 0 fully saturated rings. The Kier molecular flexibility index (Phi) is 6.48. The van der Waals surface area contributed by atoms with Crippen molar-refractivity contribution in [1.82, 2.24) is 19.1 Å². The zero-order valence-corrected chi connectivity index (χ0v) is 32.6. The van der Waals surface area contributed by atoms with E-state index >= 15 is 0 Å². The van der Waals surface area contributed by atoms with Crippen molar-refractivity contribution in [3.63, 3.8) is 0 Å². The molecular formula is C55H36N4. The van der Waals surface area contributed by atoms with Crippen molar-refractivity contribution in [2.24, 2.45) is 0 Å². The minimum atomic E-state index is -0.204. The van der Waals surface area contributed by atoms with E-state index in [0.29, 0.717) is 0 Å². The van der Waals surface area contributed by atoms with Gasteiger partial charge in [0.15, 0.2) is 5.82 Å². The number of hydrogen-bond donors (Lipinski definition) is 0. The second-order valence-electron chi connectivity index (χ2n) is 16.5. The third kappa shape index (κ3) is 4.38. The summed E-state index contributed by atoms with van der Waals surface area (Å²) in [5.74, 6) is 1.62. The number of rotatable bonds is 3. The van der Waals surface area contributed by atoms with E-state index in [0.717, 1.165) is 39.1 Å². The first-order chi connectivity index (χ1) is 29.0. The molecule has 13 rings (SSSR count). The van der Waals surface area contributed by atoms with Gasteiger partial charge < -0.3 is 4.57 Å². The first-order valence-electron chi connectivity index (χ1n) is 20.4. The Hall–Kier alpha value is -7.56. The molecule has 3 heterocycles. The molecule has 0 radical (unpaired) electrons. The van der Waals surface area contributed by atoms with E-state index in [1.807, 2.05) is 0 Å². The van der Waals surface area contributed by atoms with Crippen LogP contribution in [-0.4, -0.2) is 19.1 Å². The standard InChI is InChI=1S/C55H36N4/c1-55(2)44-24-9-5-18-36(44)38-22-14-23-41(52(38)55)53-56-45-25-10-6-20-39(45)54(57-53)59-46-26-11-7-19-37(46)43-32-42-34(31-50(43)59)16-13-28-48(42)58-47-27-12-8-21-40(47)51-35-17-4-3-15-33(35)29-30-49(51)58/h3-32H,1-2H3. The monoisotopic (exact) mass is 752 g/mol. The van der Waals surface area contributed by atoms with E-state index in [1.165, 1.54) is 82.1 Å². The molecule has 0 saturated carbocycles. The first kappa shape index (κ1) is 32.5. The van der Waals surface area contributed by atoms with E-state index < -0.39 is 0 Å². The maximum absolute atomic E-state index is 5.60. The fourth-order valence-corrected chi connectivity index (χ4v) is 10.5. The summed E-state index contributed by atoms with van der Waals surface area (Å²) in [4.78, 5) is 10.9. The number of hydrogen-bond acceptors (Lipinski definition) is 2. The van der Waals surface area contributed by atoms with Gasteiger partial charge >= 0.3 is 0 Å². The maximum atomic E-state index is 5.60. The van der Waals surface area contributed by atoms with E-state index in [-0.39, 0.29) is 5.41 Å². The third-order valence-corrected chi connectivity index (χ3v) is 13.1. The predicted octanol–water partition coefficient (Wildman–Crippen LogP) is 14.1. The van der Waals surface area contributed by atoms with Gasteiger partial charge in [0.2, 0.25) is 0 Å². The molecule has 3 aromatic heterocycles. The highest BCUT2D eigenvalue weighted by Crippen LogP contribution is 2.52. The molecule has 59 heavy (non-hydrogen) atoms. The average molecular weight is 753 g/mol. The Morgan fingerprint density at radius 3 is 1.95 bits per heavy atom. The number of aromatic nitrogens is 4. The van der Waals surface area contributed by atoms with Crippen LogP contribution in [0.5, 0.6) is 0 Å². The van der Waals surface area contributed by atoms with Gasteiger partial charge in [0, 0.05) is 43.3 Å². The van der Waals surface area contributed by atoms with Crippen LogP contribution in [0, 0.1) is 0 Å². The molecule has 276 valence electrons. The lowest BCUT2D eigenvalue weighted by atomic mass is 9.80. The van der Waals surface area contributed by atoms with Crippen molar-refractivity contribution in [2.75, 3.05) is 0 Å². The molecule has 12 aromatic rings. The number of para-hydroxylation sites is 3. The molecular weight excluding hydrogens is 717 g/mol. The van der Waals surface area contributed by atoms with Crippen molar-refractivity contribution in [1.29, 1.82) is 0 Å². The van der Waals surface area contributed by atoms with Gasteiger partial charge in [0.05, 0.1) is 33.3 Å². The van der Waals surface area contributed by atoms with Crippen LogP contribution >= 0.6 is 0 Å². The smallest absolute Gasteiger partial charge is 0.162 e. The lowest BCUT2D eigenvalue weighted by Crippen LogP contribution is -2.17. The molecule has 0 aliphatic heterocycles. The zero-order chi connectivity index (χ0) is 39.0.